The summed E-state index contributed by atoms with van der Waals surface area (Å²) in [5, 5.41) is 3.13. The summed E-state index contributed by atoms with van der Waals surface area (Å²) in [6.07, 6.45) is 2.05. The van der Waals surface area contributed by atoms with E-state index in [0.29, 0.717) is 16.7 Å². The quantitative estimate of drug-likeness (QED) is 0.391. The molecule has 1 aromatic heterocycles. The number of methoxy groups -OCH3 is 2. The largest absolute Gasteiger partial charge is 0.493 e. The van der Waals surface area contributed by atoms with Crippen LogP contribution in [0.15, 0.2) is 29.6 Å². The Hall–Kier alpha value is -2.52. The fraction of sp³-hybridized carbons (Fsp3) is 0.333. The van der Waals surface area contributed by atoms with E-state index in [1.165, 1.54) is 32.0 Å². The van der Waals surface area contributed by atoms with Crippen LogP contribution in [0.25, 0.3) is 0 Å². The second-order valence-corrected chi connectivity index (χ2v) is 6.69. The minimum Gasteiger partial charge on any atom is -0.493 e. The minimum absolute atomic E-state index is 0.0562. The molecule has 0 aliphatic carbocycles. The highest BCUT2D eigenvalue weighted by molar-refractivity contribution is 7.98. The Labute approximate surface area is 171 Å². The van der Waals surface area contributed by atoms with Crippen molar-refractivity contribution < 1.29 is 23.8 Å². The Morgan fingerprint density at radius 3 is 2.61 bits per heavy atom. The third kappa shape index (κ3) is 5.49. The van der Waals surface area contributed by atoms with E-state index in [-0.39, 0.29) is 17.3 Å². The number of ether oxygens (including phenoxy) is 3. The zero-order chi connectivity index (χ0) is 20.7. The molecule has 0 bridgehead atoms. The van der Waals surface area contributed by atoms with E-state index in [2.05, 4.69) is 15.3 Å². The van der Waals surface area contributed by atoms with Gasteiger partial charge in [-0.1, -0.05) is 29.4 Å². The van der Waals surface area contributed by atoms with Crippen LogP contribution in [0.2, 0.25) is 5.02 Å². The first kappa shape index (κ1) is 21.8. The van der Waals surface area contributed by atoms with E-state index >= 15 is 0 Å². The lowest BCUT2D eigenvalue weighted by atomic mass is 10.2. The number of esters is 1. The SMILES string of the molecule is COc1ccc(CNC(=O)[C@H](C)OC(=O)c2nc(SC)ncc2Cl)cc1OC. The summed E-state index contributed by atoms with van der Waals surface area (Å²) in [5.41, 5.74) is 0.716. The van der Waals surface area contributed by atoms with Crippen LogP contribution in [0.5, 0.6) is 11.5 Å². The fourth-order valence-corrected chi connectivity index (χ4v) is 2.69. The summed E-state index contributed by atoms with van der Waals surface area (Å²) in [4.78, 5) is 32.5. The van der Waals surface area contributed by atoms with E-state index in [1.807, 2.05) is 0 Å². The minimum atomic E-state index is -1.03. The summed E-state index contributed by atoms with van der Waals surface area (Å²) < 4.78 is 15.6. The van der Waals surface area contributed by atoms with Crippen molar-refractivity contribution in [3.05, 3.63) is 40.7 Å². The van der Waals surface area contributed by atoms with Gasteiger partial charge in [-0.3, -0.25) is 4.79 Å². The highest BCUT2D eigenvalue weighted by atomic mass is 35.5. The number of benzene rings is 1. The molecule has 1 heterocycles. The van der Waals surface area contributed by atoms with Crippen molar-refractivity contribution >= 4 is 35.2 Å². The van der Waals surface area contributed by atoms with Crippen LogP contribution in [-0.4, -0.2) is 48.4 Å². The molecule has 10 heteroatoms. The number of hydrogen-bond donors (Lipinski definition) is 1. The lowest BCUT2D eigenvalue weighted by molar-refractivity contribution is -0.129. The molecule has 0 aliphatic heterocycles. The third-order valence-electron chi connectivity index (χ3n) is 3.67. The van der Waals surface area contributed by atoms with Gasteiger partial charge in [-0.15, -0.1) is 0 Å². The van der Waals surface area contributed by atoms with Crippen molar-refractivity contribution in [2.24, 2.45) is 0 Å². The molecule has 0 saturated heterocycles. The highest BCUT2D eigenvalue weighted by Gasteiger charge is 2.22. The van der Waals surface area contributed by atoms with Crippen LogP contribution in [0, 0.1) is 0 Å². The number of nitrogens with one attached hydrogen (secondary N) is 1. The second kappa shape index (κ2) is 10.1. The molecule has 1 amide bonds. The normalized spacial score (nSPS) is 11.5. The zero-order valence-corrected chi connectivity index (χ0v) is 17.4. The van der Waals surface area contributed by atoms with Gasteiger partial charge in [0.05, 0.1) is 25.4 Å². The monoisotopic (exact) mass is 425 g/mol. The first-order valence-corrected chi connectivity index (χ1v) is 9.76. The molecule has 28 heavy (non-hydrogen) atoms. The summed E-state index contributed by atoms with van der Waals surface area (Å²) in [5.74, 6) is -0.113. The van der Waals surface area contributed by atoms with Crippen molar-refractivity contribution in [3.63, 3.8) is 0 Å². The lowest BCUT2D eigenvalue weighted by Crippen LogP contribution is -2.35. The van der Waals surface area contributed by atoms with Crippen LogP contribution < -0.4 is 14.8 Å². The van der Waals surface area contributed by atoms with Gasteiger partial charge in [0.25, 0.3) is 5.91 Å². The summed E-state index contributed by atoms with van der Waals surface area (Å²) in [7, 11) is 3.07. The molecule has 1 aromatic carbocycles. The number of carbonyl (C=O) groups is 2. The zero-order valence-electron chi connectivity index (χ0n) is 15.8. The Bertz CT molecular complexity index is 865. The fourth-order valence-electron chi connectivity index (χ4n) is 2.19. The molecule has 0 fully saturated rings. The van der Waals surface area contributed by atoms with Gasteiger partial charge in [-0.2, -0.15) is 0 Å². The summed E-state index contributed by atoms with van der Waals surface area (Å²) in [6.45, 7) is 1.69. The third-order valence-corrected chi connectivity index (χ3v) is 4.50. The van der Waals surface area contributed by atoms with E-state index in [9.17, 15) is 9.59 Å². The van der Waals surface area contributed by atoms with Crippen LogP contribution in [0.4, 0.5) is 0 Å². The smallest absolute Gasteiger partial charge is 0.359 e. The molecule has 8 nitrogen and oxygen atoms in total. The number of halogens is 1. The molecule has 0 spiro atoms. The van der Waals surface area contributed by atoms with Crippen molar-refractivity contribution in [2.45, 2.75) is 24.7 Å². The average molecular weight is 426 g/mol. The van der Waals surface area contributed by atoms with Gasteiger partial charge in [0.15, 0.2) is 28.5 Å². The second-order valence-electron chi connectivity index (χ2n) is 5.51. The van der Waals surface area contributed by atoms with E-state index in [0.717, 1.165) is 5.56 Å². The Kier molecular flexibility index (Phi) is 7.89. The first-order valence-electron chi connectivity index (χ1n) is 8.15. The van der Waals surface area contributed by atoms with Gasteiger partial charge in [0, 0.05) is 6.54 Å². The predicted molar refractivity (Wildman–Crippen MR) is 105 cm³/mol. The molecular weight excluding hydrogens is 406 g/mol. The van der Waals surface area contributed by atoms with Gasteiger partial charge in [0.1, 0.15) is 0 Å². The predicted octanol–water partition coefficient (Wildman–Crippen LogP) is 2.73. The Morgan fingerprint density at radius 2 is 1.96 bits per heavy atom. The topological polar surface area (TPSA) is 99.6 Å². The van der Waals surface area contributed by atoms with Crippen molar-refractivity contribution in [1.29, 1.82) is 0 Å². The molecule has 0 aliphatic rings. The number of rotatable bonds is 8. The maximum Gasteiger partial charge on any atom is 0.359 e. The van der Waals surface area contributed by atoms with E-state index < -0.39 is 18.0 Å². The van der Waals surface area contributed by atoms with Crippen molar-refractivity contribution in [2.75, 3.05) is 20.5 Å². The van der Waals surface area contributed by atoms with Crippen molar-refractivity contribution in [1.82, 2.24) is 15.3 Å². The molecule has 150 valence electrons. The number of nitrogens with zero attached hydrogens (tertiary/aromatic N) is 2. The van der Waals surface area contributed by atoms with Gasteiger partial charge in [-0.25, -0.2) is 14.8 Å². The van der Waals surface area contributed by atoms with E-state index in [1.54, 1.807) is 31.6 Å². The Morgan fingerprint density at radius 1 is 1.25 bits per heavy atom. The molecule has 0 radical (unpaired) electrons. The molecule has 1 atom stereocenters. The molecule has 2 aromatic rings. The van der Waals surface area contributed by atoms with Gasteiger partial charge < -0.3 is 19.5 Å². The van der Waals surface area contributed by atoms with Gasteiger partial charge in [-0.05, 0) is 30.9 Å². The maximum atomic E-state index is 12.3. The average Bonchev–Trinajstić information content (AvgIpc) is 2.71. The maximum absolute atomic E-state index is 12.3. The number of carbonyl (C=O) groups excluding carboxylic acids is 2. The molecule has 0 saturated carbocycles. The van der Waals surface area contributed by atoms with Gasteiger partial charge >= 0.3 is 5.97 Å². The molecule has 1 N–H and O–H groups in total. The van der Waals surface area contributed by atoms with Crippen LogP contribution in [0.3, 0.4) is 0 Å². The lowest BCUT2D eigenvalue weighted by Gasteiger charge is -2.14. The summed E-state index contributed by atoms with van der Waals surface area (Å²) >= 11 is 7.21. The van der Waals surface area contributed by atoms with Crippen LogP contribution in [-0.2, 0) is 16.1 Å². The standard InChI is InChI=1S/C18H20ClN3O5S/c1-10(27-17(24)15-12(19)9-21-18(22-15)28-4)16(23)20-8-11-5-6-13(25-2)14(7-11)26-3/h5-7,9-10H,8H2,1-4H3,(H,20,23)/t10-/m0/s1. The molecule has 0 unspecified atom stereocenters. The molecule has 2 rings (SSSR count). The van der Waals surface area contributed by atoms with E-state index in [4.69, 9.17) is 25.8 Å². The first-order chi connectivity index (χ1) is 13.4. The number of aromatic nitrogens is 2. The Balaban J connectivity index is 1.97. The number of amides is 1. The summed E-state index contributed by atoms with van der Waals surface area (Å²) in [6, 6.07) is 5.29. The highest BCUT2D eigenvalue weighted by Crippen LogP contribution is 2.27. The molecular formula is C18H20ClN3O5S. The van der Waals surface area contributed by atoms with Crippen LogP contribution >= 0.6 is 23.4 Å². The van der Waals surface area contributed by atoms with Gasteiger partial charge in [0.2, 0.25) is 0 Å². The van der Waals surface area contributed by atoms with Crippen LogP contribution in [0.1, 0.15) is 23.0 Å². The van der Waals surface area contributed by atoms with Crippen molar-refractivity contribution in [3.8, 4) is 11.5 Å². The number of hydrogen-bond acceptors (Lipinski definition) is 8. The number of thioether (sulfide) groups is 1.